The highest BCUT2D eigenvalue weighted by Crippen LogP contribution is 2.28. The van der Waals surface area contributed by atoms with Crippen molar-refractivity contribution in [3.63, 3.8) is 0 Å². The average molecular weight is 250 g/mol. The Bertz CT molecular complexity index is 716. The molecule has 0 unspecified atom stereocenters. The normalized spacial score (nSPS) is 10.6. The van der Waals surface area contributed by atoms with Crippen molar-refractivity contribution in [3.05, 3.63) is 60.3 Å². The second-order valence-corrected chi connectivity index (χ2v) is 4.47. The van der Waals surface area contributed by atoms with E-state index in [0.717, 1.165) is 22.5 Å². The van der Waals surface area contributed by atoms with Crippen LogP contribution in [0.2, 0.25) is 0 Å². The molecule has 3 aromatic rings. The smallest absolute Gasteiger partial charge is 0.226 e. The molecule has 0 saturated heterocycles. The van der Waals surface area contributed by atoms with Crippen molar-refractivity contribution in [2.75, 3.05) is 5.73 Å². The van der Waals surface area contributed by atoms with E-state index < -0.39 is 0 Å². The third-order valence-corrected chi connectivity index (χ3v) is 3.05. The Morgan fingerprint density at radius 3 is 2.68 bits per heavy atom. The van der Waals surface area contributed by atoms with Crippen LogP contribution in [0.3, 0.4) is 0 Å². The maximum Gasteiger partial charge on any atom is 0.226 e. The van der Waals surface area contributed by atoms with Crippen LogP contribution >= 0.6 is 0 Å². The molecule has 0 spiro atoms. The quantitative estimate of drug-likeness (QED) is 0.702. The number of anilines is 1. The molecule has 0 aliphatic heterocycles. The van der Waals surface area contributed by atoms with Crippen molar-refractivity contribution < 1.29 is 4.42 Å². The summed E-state index contributed by atoms with van der Waals surface area (Å²) in [5.41, 5.74) is 9.58. The SMILES string of the molecule is Cc1ccccc1-c1ncc(-c2cccc(N)c2)o1. The lowest BCUT2D eigenvalue weighted by Crippen LogP contribution is -1.83. The maximum absolute atomic E-state index is 5.82. The first-order valence-electron chi connectivity index (χ1n) is 6.12. The lowest BCUT2D eigenvalue weighted by molar-refractivity contribution is 0.588. The second-order valence-electron chi connectivity index (χ2n) is 4.47. The molecule has 1 aromatic heterocycles. The van der Waals surface area contributed by atoms with Crippen LogP contribution < -0.4 is 5.73 Å². The molecule has 2 aromatic carbocycles. The molecule has 0 bridgehead atoms. The fraction of sp³-hybridized carbons (Fsp3) is 0.0625. The summed E-state index contributed by atoms with van der Waals surface area (Å²) in [5.74, 6) is 1.36. The number of nitrogen functional groups attached to an aromatic ring is 1. The van der Waals surface area contributed by atoms with Crippen LogP contribution in [0.5, 0.6) is 0 Å². The number of oxazole rings is 1. The van der Waals surface area contributed by atoms with Gasteiger partial charge in [-0.25, -0.2) is 4.98 Å². The predicted molar refractivity (Wildman–Crippen MR) is 76.5 cm³/mol. The van der Waals surface area contributed by atoms with Crippen LogP contribution in [0.4, 0.5) is 5.69 Å². The third kappa shape index (κ3) is 2.22. The highest BCUT2D eigenvalue weighted by molar-refractivity contribution is 5.65. The number of hydrogen-bond acceptors (Lipinski definition) is 3. The number of hydrogen-bond donors (Lipinski definition) is 1. The van der Waals surface area contributed by atoms with Crippen LogP contribution in [-0.4, -0.2) is 4.98 Å². The van der Waals surface area contributed by atoms with E-state index in [1.165, 1.54) is 0 Å². The van der Waals surface area contributed by atoms with Crippen LogP contribution in [0, 0.1) is 6.92 Å². The van der Waals surface area contributed by atoms with Crippen LogP contribution in [-0.2, 0) is 0 Å². The molecule has 0 radical (unpaired) electrons. The molecule has 3 rings (SSSR count). The molecule has 19 heavy (non-hydrogen) atoms. The van der Waals surface area contributed by atoms with Gasteiger partial charge in [-0.1, -0.05) is 30.3 Å². The van der Waals surface area contributed by atoms with E-state index in [-0.39, 0.29) is 0 Å². The summed E-state index contributed by atoms with van der Waals surface area (Å²) in [7, 11) is 0. The van der Waals surface area contributed by atoms with Crippen LogP contribution in [0.25, 0.3) is 22.8 Å². The lowest BCUT2D eigenvalue weighted by Gasteiger charge is -2.00. The number of nitrogens with two attached hydrogens (primary N) is 1. The minimum atomic E-state index is 0.635. The molecule has 94 valence electrons. The third-order valence-electron chi connectivity index (χ3n) is 3.05. The molecule has 0 aliphatic rings. The van der Waals surface area contributed by atoms with Gasteiger partial charge in [0.1, 0.15) is 0 Å². The number of nitrogens with zero attached hydrogens (tertiary/aromatic N) is 1. The maximum atomic E-state index is 5.82. The number of aryl methyl sites for hydroxylation is 1. The molecule has 0 amide bonds. The first-order chi connectivity index (χ1) is 9.24. The Kier molecular flexibility index (Phi) is 2.80. The van der Waals surface area contributed by atoms with Gasteiger partial charge in [-0.3, -0.25) is 0 Å². The molecule has 0 saturated carbocycles. The summed E-state index contributed by atoms with van der Waals surface area (Å²) >= 11 is 0. The van der Waals surface area contributed by atoms with Gasteiger partial charge in [-0.15, -0.1) is 0 Å². The number of rotatable bonds is 2. The summed E-state index contributed by atoms with van der Waals surface area (Å²) in [5, 5.41) is 0. The Balaban J connectivity index is 2.03. The zero-order valence-corrected chi connectivity index (χ0v) is 10.6. The van der Waals surface area contributed by atoms with Gasteiger partial charge < -0.3 is 10.2 Å². The first-order valence-corrected chi connectivity index (χ1v) is 6.12. The first kappa shape index (κ1) is 11.5. The molecule has 3 nitrogen and oxygen atoms in total. The van der Waals surface area contributed by atoms with E-state index >= 15 is 0 Å². The standard InChI is InChI=1S/C16H14N2O/c1-11-5-2-3-8-14(11)16-18-10-15(19-16)12-6-4-7-13(17)9-12/h2-10H,17H2,1H3. The van der Waals surface area contributed by atoms with Crippen molar-refractivity contribution in [2.24, 2.45) is 0 Å². The molecular formula is C16H14N2O. The van der Waals surface area contributed by atoms with Gasteiger partial charge in [0.05, 0.1) is 6.20 Å². The molecule has 3 heteroatoms. The van der Waals surface area contributed by atoms with E-state index in [4.69, 9.17) is 10.2 Å². The van der Waals surface area contributed by atoms with Gasteiger partial charge in [0.2, 0.25) is 5.89 Å². The minimum Gasteiger partial charge on any atom is -0.436 e. The Morgan fingerprint density at radius 2 is 1.89 bits per heavy atom. The van der Waals surface area contributed by atoms with Crippen molar-refractivity contribution in [1.82, 2.24) is 4.98 Å². The molecule has 0 atom stereocenters. The Morgan fingerprint density at radius 1 is 1.05 bits per heavy atom. The van der Waals surface area contributed by atoms with E-state index in [0.29, 0.717) is 11.6 Å². The van der Waals surface area contributed by atoms with Crippen molar-refractivity contribution >= 4 is 5.69 Å². The van der Waals surface area contributed by atoms with E-state index in [2.05, 4.69) is 4.98 Å². The van der Waals surface area contributed by atoms with Crippen LogP contribution in [0.1, 0.15) is 5.56 Å². The number of benzene rings is 2. The molecule has 0 aliphatic carbocycles. The lowest BCUT2D eigenvalue weighted by atomic mass is 10.1. The highest BCUT2D eigenvalue weighted by Gasteiger charge is 2.10. The second kappa shape index (κ2) is 4.61. The zero-order valence-electron chi connectivity index (χ0n) is 10.6. The summed E-state index contributed by atoms with van der Waals surface area (Å²) in [6.45, 7) is 2.04. The van der Waals surface area contributed by atoms with Gasteiger partial charge in [0.15, 0.2) is 5.76 Å². The number of aromatic nitrogens is 1. The highest BCUT2D eigenvalue weighted by atomic mass is 16.4. The van der Waals surface area contributed by atoms with Gasteiger partial charge in [0, 0.05) is 16.8 Å². The van der Waals surface area contributed by atoms with E-state index in [1.54, 1.807) is 6.20 Å². The Hall–Kier alpha value is -2.55. The van der Waals surface area contributed by atoms with Crippen molar-refractivity contribution in [3.8, 4) is 22.8 Å². The zero-order chi connectivity index (χ0) is 13.2. The van der Waals surface area contributed by atoms with Crippen molar-refractivity contribution in [1.29, 1.82) is 0 Å². The van der Waals surface area contributed by atoms with Crippen molar-refractivity contribution in [2.45, 2.75) is 6.92 Å². The summed E-state index contributed by atoms with van der Waals surface area (Å²) < 4.78 is 5.82. The fourth-order valence-electron chi connectivity index (χ4n) is 2.04. The van der Waals surface area contributed by atoms with Gasteiger partial charge >= 0.3 is 0 Å². The summed E-state index contributed by atoms with van der Waals surface area (Å²) in [6.07, 6.45) is 1.73. The monoisotopic (exact) mass is 250 g/mol. The minimum absolute atomic E-state index is 0.635. The summed E-state index contributed by atoms with van der Waals surface area (Å²) in [6, 6.07) is 15.6. The molecule has 0 fully saturated rings. The fourth-order valence-corrected chi connectivity index (χ4v) is 2.04. The largest absolute Gasteiger partial charge is 0.436 e. The van der Waals surface area contributed by atoms with Crippen LogP contribution in [0.15, 0.2) is 59.1 Å². The van der Waals surface area contributed by atoms with Gasteiger partial charge in [0.25, 0.3) is 0 Å². The topological polar surface area (TPSA) is 52.0 Å². The average Bonchev–Trinajstić information content (AvgIpc) is 2.89. The van der Waals surface area contributed by atoms with Gasteiger partial charge in [-0.2, -0.15) is 0 Å². The van der Waals surface area contributed by atoms with Gasteiger partial charge in [-0.05, 0) is 30.7 Å². The predicted octanol–water partition coefficient (Wildman–Crippen LogP) is 3.90. The van der Waals surface area contributed by atoms with E-state index in [9.17, 15) is 0 Å². The summed E-state index contributed by atoms with van der Waals surface area (Å²) in [4.78, 5) is 4.35. The van der Waals surface area contributed by atoms with E-state index in [1.807, 2.05) is 55.5 Å². The molecule has 2 N–H and O–H groups in total. The molecular weight excluding hydrogens is 236 g/mol. The molecule has 1 heterocycles. The Labute approximate surface area is 111 Å².